The van der Waals surface area contributed by atoms with Crippen LogP contribution in [0, 0.1) is 0 Å². The predicted molar refractivity (Wildman–Crippen MR) is 119 cm³/mol. The van der Waals surface area contributed by atoms with E-state index in [4.69, 9.17) is 16.7 Å². The summed E-state index contributed by atoms with van der Waals surface area (Å²) in [6, 6.07) is 26.5. The van der Waals surface area contributed by atoms with Crippen LogP contribution < -0.4 is 0 Å². The topological polar surface area (TPSA) is 17.8 Å². The molecule has 0 aliphatic heterocycles. The van der Waals surface area contributed by atoms with Crippen molar-refractivity contribution in [2.24, 2.45) is 0 Å². The van der Waals surface area contributed by atoms with Gasteiger partial charge in [0.15, 0.2) is 0 Å². The van der Waals surface area contributed by atoms with Crippen LogP contribution in [0.3, 0.4) is 0 Å². The standard InChI is InChI=1S/C22H15Br2ClN2/c23-18-5-1-3-16(11-18)21-13-22(17-4-2-6-19(24)12-17)27(26-21)14-15-7-9-20(25)10-8-15/h1-13H,14H2. The number of hydrogen-bond donors (Lipinski definition) is 0. The number of aromatic nitrogens is 2. The zero-order valence-electron chi connectivity index (χ0n) is 14.2. The van der Waals surface area contributed by atoms with Crippen LogP contribution in [0.15, 0.2) is 87.8 Å². The number of rotatable bonds is 4. The largest absolute Gasteiger partial charge is 0.260 e. The van der Waals surface area contributed by atoms with Crippen molar-refractivity contribution in [1.82, 2.24) is 9.78 Å². The van der Waals surface area contributed by atoms with E-state index in [-0.39, 0.29) is 0 Å². The molecule has 27 heavy (non-hydrogen) atoms. The molecule has 0 saturated carbocycles. The van der Waals surface area contributed by atoms with Gasteiger partial charge >= 0.3 is 0 Å². The smallest absolute Gasteiger partial charge is 0.0930 e. The fourth-order valence-corrected chi connectivity index (χ4v) is 3.89. The molecule has 4 aromatic rings. The van der Waals surface area contributed by atoms with E-state index in [2.05, 4.69) is 62.2 Å². The molecule has 0 aliphatic carbocycles. The molecule has 3 aromatic carbocycles. The molecule has 0 spiro atoms. The van der Waals surface area contributed by atoms with E-state index >= 15 is 0 Å². The molecule has 2 nitrogen and oxygen atoms in total. The van der Waals surface area contributed by atoms with Gasteiger partial charge in [0, 0.05) is 25.1 Å². The van der Waals surface area contributed by atoms with E-state index in [1.165, 1.54) is 0 Å². The van der Waals surface area contributed by atoms with Gasteiger partial charge in [-0.25, -0.2) is 0 Å². The highest BCUT2D eigenvalue weighted by atomic mass is 79.9. The molecule has 5 heteroatoms. The SMILES string of the molecule is Clc1ccc(Cn2nc(-c3cccc(Br)c3)cc2-c2cccc(Br)c2)cc1. The molecule has 1 aromatic heterocycles. The summed E-state index contributed by atoms with van der Waals surface area (Å²) in [5.41, 5.74) is 5.36. The third kappa shape index (κ3) is 4.34. The Hall–Kier alpha value is -1.88. The van der Waals surface area contributed by atoms with Crippen LogP contribution in [0.5, 0.6) is 0 Å². The molecule has 0 amide bonds. The van der Waals surface area contributed by atoms with Gasteiger partial charge in [0.2, 0.25) is 0 Å². The molecule has 0 unspecified atom stereocenters. The average molecular weight is 503 g/mol. The van der Waals surface area contributed by atoms with Crippen LogP contribution in [-0.2, 0) is 6.54 Å². The minimum atomic E-state index is 0.674. The second-order valence-corrected chi connectivity index (χ2v) is 8.49. The zero-order chi connectivity index (χ0) is 18.8. The fraction of sp³-hybridized carbons (Fsp3) is 0.0455. The summed E-state index contributed by atoms with van der Waals surface area (Å²) in [7, 11) is 0. The molecule has 0 N–H and O–H groups in total. The summed E-state index contributed by atoms with van der Waals surface area (Å²) in [5.74, 6) is 0. The van der Waals surface area contributed by atoms with Gasteiger partial charge in [0.05, 0.1) is 17.9 Å². The second-order valence-electron chi connectivity index (χ2n) is 6.22. The Morgan fingerprint density at radius 3 is 2.07 bits per heavy atom. The molecule has 0 aliphatic rings. The lowest BCUT2D eigenvalue weighted by Crippen LogP contribution is -2.04. The van der Waals surface area contributed by atoms with Crippen molar-refractivity contribution < 1.29 is 0 Å². The number of nitrogens with zero attached hydrogens (tertiary/aromatic N) is 2. The van der Waals surface area contributed by atoms with E-state index in [0.717, 1.165) is 42.0 Å². The van der Waals surface area contributed by atoms with E-state index in [0.29, 0.717) is 6.54 Å². The van der Waals surface area contributed by atoms with E-state index in [1.807, 2.05) is 53.2 Å². The van der Waals surface area contributed by atoms with Gasteiger partial charge in [-0.15, -0.1) is 0 Å². The van der Waals surface area contributed by atoms with Gasteiger partial charge in [-0.1, -0.05) is 79.9 Å². The summed E-state index contributed by atoms with van der Waals surface area (Å²) < 4.78 is 4.13. The lowest BCUT2D eigenvalue weighted by atomic mass is 10.1. The molecule has 1 heterocycles. The summed E-state index contributed by atoms with van der Waals surface area (Å²) in [5, 5.41) is 5.63. The first kappa shape index (κ1) is 18.5. The first-order valence-corrected chi connectivity index (χ1v) is 10.4. The van der Waals surface area contributed by atoms with Gasteiger partial charge in [0.1, 0.15) is 0 Å². The summed E-state index contributed by atoms with van der Waals surface area (Å²) >= 11 is 13.1. The lowest BCUT2D eigenvalue weighted by Gasteiger charge is -2.08. The van der Waals surface area contributed by atoms with Crippen molar-refractivity contribution in [2.45, 2.75) is 6.54 Å². The first-order valence-electron chi connectivity index (χ1n) is 8.43. The Labute approximate surface area is 180 Å². The minimum Gasteiger partial charge on any atom is -0.260 e. The van der Waals surface area contributed by atoms with Gasteiger partial charge in [0.25, 0.3) is 0 Å². The maximum absolute atomic E-state index is 6.03. The van der Waals surface area contributed by atoms with Crippen molar-refractivity contribution >= 4 is 43.5 Å². The first-order chi connectivity index (χ1) is 13.1. The normalized spacial score (nSPS) is 10.9. The number of hydrogen-bond acceptors (Lipinski definition) is 1. The van der Waals surface area contributed by atoms with Crippen LogP contribution in [0.2, 0.25) is 5.02 Å². The maximum atomic E-state index is 6.03. The Morgan fingerprint density at radius 2 is 1.41 bits per heavy atom. The third-order valence-corrected chi connectivity index (χ3v) is 5.50. The number of halogens is 3. The Balaban J connectivity index is 1.80. The quantitative estimate of drug-likeness (QED) is 0.283. The van der Waals surface area contributed by atoms with Crippen LogP contribution in [0.4, 0.5) is 0 Å². The van der Waals surface area contributed by atoms with Gasteiger partial charge < -0.3 is 0 Å². The van der Waals surface area contributed by atoms with Crippen molar-refractivity contribution in [3.05, 3.63) is 98.4 Å². The highest BCUT2D eigenvalue weighted by molar-refractivity contribution is 9.10. The Bertz CT molecular complexity index is 1090. The third-order valence-electron chi connectivity index (χ3n) is 4.27. The molecular formula is C22H15Br2ClN2. The van der Waals surface area contributed by atoms with Gasteiger partial charge in [-0.05, 0) is 48.0 Å². The van der Waals surface area contributed by atoms with Crippen LogP contribution in [-0.4, -0.2) is 9.78 Å². The molecule has 4 rings (SSSR count). The highest BCUT2D eigenvalue weighted by Crippen LogP contribution is 2.30. The molecule has 0 bridgehead atoms. The van der Waals surface area contributed by atoms with Gasteiger partial charge in [-0.3, -0.25) is 4.68 Å². The molecule has 134 valence electrons. The molecule has 0 saturated heterocycles. The summed E-state index contributed by atoms with van der Waals surface area (Å²) in [4.78, 5) is 0. The Morgan fingerprint density at radius 1 is 0.778 bits per heavy atom. The Kier molecular flexibility index (Phi) is 5.48. The van der Waals surface area contributed by atoms with E-state index in [9.17, 15) is 0 Å². The van der Waals surface area contributed by atoms with Crippen LogP contribution >= 0.6 is 43.5 Å². The molecule has 0 radical (unpaired) electrons. The highest BCUT2D eigenvalue weighted by Gasteiger charge is 2.13. The molecular weight excluding hydrogens is 488 g/mol. The van der Waals surface area contributed by atoms with Crippen LogP contribution in [0.25, 0.3) is 22.5 Å². The minimum absolute atomic E-state index is 0.674. The average Bonchev–Trinajstić information content (AvgIpc) is 3.07. The monoisotopic (exact) mass is 500 g/mol. The zero-order valence-corrected chi connectivity index (χ0v) is 18.2. The lowest BCUT2D eigenvalue weighted by molar-refractivity contribution is 0.697. The second kappa shape index (κ2) is 8.01. The summed E-state index contributed by atoms with van der Waals surface area (Å²) in [6.07, 6.45) is 0. The van der Waals surface area contributed by atoms with E-state index < -0.39 is 0 Å². The molecule has 0 atom stereocenters. The van der Waals surface area contributed by atoms with Crippen molar-refractivity contribution in [3.63, 3.8) is 0 Å². The van der Waals surface area contributed by atoms with Crippen molar-refractivity contribution in [2.75, 3.05) is 0 Å². The predicted octanol–water partition coefficient (Wildman–Crippen LogP) is 7.44. The van der Waals surface area contributed by atoms with Crippen LogP contribution in [0.1, 0.15) is 5.56 Å². The number of benzene rings is 3. The van der Waals surface area contributed by atoms with Crippen molar-refractivity contribution in [3.8, 4) is 22.5 Å². The molecule has 0 fully saturated rings. The summed E-state index contributed by atoms with van der Waals surface area (Å²) in [6.45, 7) is 0.674. The fourth-order valence-electron chi connectivity index (χ4n) is 2.97. The van der Waals surface area contributed by atoms with E-state index in [1.54, 1.807) is 0 Å². The van der Waals surface area contributed by atoms with Gasteiger partial charge in [-0.2, -0.15) is 5.10 Å². The van der Waals surface area contributed by atoms with Crippen molar-refractivity contribution in [1.29, 1.82) is 0 Å². The maximum Gasteiger partial charge on any atom is 0.0930 e.